The third-order valence-electron chi connectivity index (χ3n) is 14.7. The Morgan fingerprint density at radius 2 is 0.493 bits per heavy atom. The van der Waals surface area contributed by atoms with Gasteiger partial charge in [-0.3, -0.25) is 0 Å². The summed E-state index contributed by atoms with van der Waals surface area (Å²) in [6.07, 6.45) is 0. The van der Waals surface area contributed by atoms with Crippen molar-refractivity contribution in [1.29, 1.82) is 0 Å². The number of hydrogen-bond acceptors (Lipinski definition) is 1. The van der Waals surface area contributed by atoms with Gasteiger partial charge in [-0.05, 0) is 130 Å². The molecule has 0 radical (unpaired) electrons. The normalized spacial score (nSPS) is 11.2. The molecule has 75 heavy (non-hydrogen) atoms. The van der Waals surface area contributed by atoms with Gasteiger partial charge >= 0.3 is 0 Å². The molecule has 0 saturated heterocycles. The van der Waals surface area contributed by atoms with Crippen molar-refractivity contribution in [3.63, 3.8) is 0 Å². The lowest BCUT2D eigenvalue weighted by Gasteiger charge is -2.31. The first-order valence-electron chi connectivity index (χ1n) is 25.8. The first-order chi connectivity index (χ1) is 37.2. The first kappa shape index (κ1) is 45.1. The van der Waals surface area contributed by atoms with Crippen LogP contribution in [0.1, 0.15) is 0 Å². The second kappa shape index (κ2) is 20.0. The van der Waals surface area contributed by atoms with E-state index >= 15 is 0 Å². The maximum absolute atomic E-state index is 2.46. The highest BCUT2D eigenvalue weighted by Gasteiger charge is 2.24. The molecule has 13 aromatic rings. The van der Waals surface area contributed by atoms with E-state index in [-0.39, 0.29) is 0 Å². The fraction of sp³-hybridized carbons (Fsp3) is 0. The van der Waals surface area contributed by atoms with Crippen LogP contribution >= 0.6 is 0 Å². The molecule has 0 aliphatic heterocycles. The van der Waals surface area contributed by atoms with Crippen LogP contribution in [0.3, 0.4) is 0 Å². The highest BCUT2D eigenvalue weighted by atomic mass is 15.1. The van der Waals surface area contributed by atoms with Crippen LogP contribution in [0.25, 0.3) is 111 Å². The fourth-order valence-electron chi connectivity index (χ4n) is 11.2. The third kappa shape index (κ3) is 8.57. The molecule has 1 nitrogen and oxygen atoms in total. The summed E-state index contributed by atoms with van der Waals surface area (Å²) >= 11 is 0. The minimum Gasteiger partial charge on any atom is -0.309 e. The Balaban J connectivity index is 0.980. The molecule has 0 unspecified atom stereocenters. The summed E-state index contributed by atoms with van der Waals surface area (Å²) in [5.74, 6) is 0. The highest BCUT2D eigenvalue weighted by Crippen LogP contribution is 2.49. The van der Waals surface area contributed by atoms with Crippen LogP contribution in [0.15, 0.2) is 309 Å². The number of para-hydroxylation sites is 1. The zero-order chi connectivity index (χ0) is 49.9. The first-order valence-corrected chi connectivity index (χ1v) is 25.8. The van der Waals surface area contributed by atoms with Crippen LogP contribution in [0.5, 0.6) is 0 Å². The monoisotopic (exact) mass is 953 g/mol. The lowest BCUT2D eigenvalue weighted by molar-refractivity contribution is 1.28. The van der Waals surface area contributed by atoms with E-state index in [0.717, 1.165) is 50.4 Å². The maximum Gasteiger partial charge on any atom is 0.0618 e. The minimum atomic E-state index is 1.06. The fourth-order valence-corrected chi connectivity index (χ4v) is 11.2. The van der Waals surface area contributed by atoms with Gasteiger partial charge in [0.25, 0.3) is 0 Å². The Bertz CT molecular complexity index is 4040. The van der Waals surface area contributed by atoms with E-state index in [1.54, 1.807) is 0 Å². The van der Waals surface area contributed by atoms with E-state index in [1.807, 2.05) is 0 Å². The van der Waals surface area contributed by atoms with Crippen LogP contribution in [0.2, 0.25) is 0 Å². The lowest BCUT2D eigenvalue weighted by Crippen LogP contribution is -2.12. The molecule has 0 aliphatic rings. The number of benzene rings is 13. The summed E-state index contributed by atoms with van der Waals surface area (Å²) < 4.78 is 0. The second-order valence-corrected chi connectivity index (χ2v) is 19.1. The van der Waals surface area contributed by atoms with Crippen molar-refractivity contribution in [2.45, 2.75) is 0 Å². The Hall–Kier alpha value is -9.82. The molecule has 0 bridgehead atoms. The second-order valence-electron chi connectivity index (χ2n) is 19.1. The van der Waals surface area contributed by atoms with Gasteiger partial charge < -0.3 is 4.90 Å². The summed E-state index contributed by atoms with van der Waals surface area (Å²) in [5, 5.41) is 4.97. The van der Waals surface area contributed by atoms with Crippen molar-refractivity contribution in [3.05, 3.63) is 309 Å². The topological polar surface area (TPSA) is 3.24 Å². The van der Waals surface area contributed by atoms with E-state index < -0.39 is 0 Å². The maximum atomic E-state index is 2.46. The minimum absolute atomic E-state index is 1.06. The molecule has 13 rings (SSSR count). The largest absolute Gasteiger partial charge is 0.309 e. The van der Waals surface area contributed by atoms with Gasteiger partial charge in [0.2, 0.25) is 0 Å². The molecule has 1 heteroatoms. The summed E-state index contributed by atoms with van der Waals surface area (Å²) in [6, 6.07) is 113. The van der Waals surface area contributed by atoms with E-state index in [1.165, 1.54) is 77.2 Å². The molecular weight excluding hydrogens is 903 g/mol. The zero-order valence-electron chi connectivity index (χ0n) is 41.4. The molecule has 352 valence electrons. The lowest BCUT2D eigenvalue weighted by atomic mass is 9.84. The molecular formula is C74H51N. The molecule has 0 aromatic heterocycles. The number of anilines is 3. The van der Waals surface area contributed by atoms with Crippen molar-refractivity contribution in [1.82, 2.24) is 0 Å². The Morgan fingerprint density at radius 1 is 0.173 bits per heavy atom. The highest BCUT2D eigenvalue weighted by molar-refractivity contribution is 6.22. The van der Waals surface area contributed by atoms with E-state index in [9.17, 15) is 0 Å². The molecule has 0 aliphatic carbocycles. The summed E-state index contributed by atoms with van der Waals surface area (Å²) in [7, 11) is 0. The van der Waals surface area contributed by atoms with Gasteiger partial charge in [0, 0.05) is 22.5 Å². The van der Waals surface area contributed by atoms with Gasteiger partial charge in [0.05, 0.1) is 5.69 Å². The molecule has 0 spiro atoms. The van der Waals surface area contributed by atoms with Crippen LogP contribution in [-0.4, -0.2) is 0 Å². The molecule has 0 atom stereocenters. The Morgan fingerprint density at radius 3 is 0.947 bits per heavy atom. The molecule has 13 aromatic carbocycles. The predicted octanol–water partition coefficient (Wildman–Crippen LogP) is 20.8. The van der Waals surface area contributed by atoms with E-state index in [2.05, 4.69) is 314 Å². The molecule has 0 saturated carbocycles. The average molecular weight is 954 g/mol. The van der Waals surface area contributed by atoms with Gasteiger partial charge in [-0.15, -0.1) is 0 Å². The van der Waals surface area contributed by atoms with Crippen molar-refractivity contribution >= 4 is 38.6 Å². The van der Waals surface area contributed by atoms with Gasteiger partial charge in [-0.2, -0.15) is 0 Å². The quantitative estimate of drug-likeness (QED) is 0.117. The SMILES string of the molecule is c1ccc(-c2cccc(-c3ccc(N(c4ccc(-c5ccc6c(-c7ccccc7)c(-c7ccccc7)c7ccccc7c6c5)cc4)c4c(-c5ccccc5)cccc4-c4ccccc4)cc3)c2-c2ccccc2)cc1. The third-order valence-corrected chi connectivity index (χ3v) is 14.7. The predicted molar refractivity (Wildman–Crippen MR) is 320 cm³/mol. The van der Waals surface area contributed by atoms with E-state index in [0.29, 0.717) is 0 Å². The molecule has 0 N–H and O–H groups in total. The number of nitrogens with zero attached hydrogens (tertiary/aromatic N) is 1. The van der Waals surface area contributed by atoms with Crippen LogP contribution < -0.4 is 4.90 Å². The van der Waals surface area contributed by atoms with Crippen molar-refractivity contribution in [2.75, 3.05) is 4.90 Å². The number of fused-ring (bicyclic) bond motifs is 3. The van der Waals surface area contributed by atoms with Crippen LogP contribution in [-0.2, 0) is 0 Å². The Labute approximate surface area is 439 Å². The van der Waals surface area contributed by atoms with Crippen LogP contribution in [0.4, 0.5) is 17.1 Å². The molecule has 0 heterocycles. The summed E-state index contributed by atoms with van der Waals surface area (Å²) in [5.41, 5.74) is 22.3. The smallest absolute Gasteiger partial charge is 0.0618 e. The average Bonchev–Trinajstić information content (AvgIpc) is 3.51. The molecule has 0 fully saturated rings. The van der Waals surface area contributed by atoms with Crippen molar-refractivity contribution < 1.29 is 0 Å². The number of rotatable bonds is 11. The van der Waals surface area contributed by atoms with E-state index in [4.69, 9.17) is 0 Å². The summed E-state index contributed by atoms with van der Waals surface area (Å²) in [6.45, 7) is 0. The Kier molecular flexibility index (Phi) is 12.0. The van der Waals surface area contributed by atoms with Crippen molar-refractivity contribution in [2.24, 2.45) is 0 Å². The summed E-state index contributed by atoms with van der Waals surface area (Å²) in [4.78, 5) is 2.46. The van der Waals surface area contributed by atoms with Gasteiger partial charge in [0.1, 0.15) is 0 Å². The van der Waals surface area contributed by atoms with Gasteiger partial charge in [-0.1, -0.05) is 279 Å². The van der Waals surface area contributed by atoms with Gasteiger partial charge in [0.15, 0.2) is 0 Å². The standard InChI is InChI=1S/C74H51N/c1-7-23-53(24-8-1)63-37-21-38-64(71(63)57-29-13-4-14-30-57)56-43-48-62(49-44-56)75(74-65(54-25-9-2-10-26-54)39-22-40-66(74)55-27-11-3-12-28-55)61-46-41-52(42-47-61)60-45-50-69-70(51-60)67-35-19-20-36-68(67)72(58-31-15-5-16-32-58)73(69)59-33-17-6-18-34-59/h1-51H. The number of hydrogen-bond donors (Lipinski definition) is 0. The van der Waals surface area contributed by atoms with Crippen LogP contribution in [0, 0.1) is 0 Å². The van der Waals surface area contributed by atoms with Gasteiger partial charge in [-0.25, -0.2) is 0 Å². The van der Waals surface area contributed by atoms with Crippen molar-refractivity contribution in [3.8, 4) is 89.0 Å². The molecule has 0 amide bonds. The zero-order valence-corrected chi connectivity index (χ0v) is 41.4.